The molecule has 5 nitrogen and oxygen atoms in total. The van der Waals surface area contributed by atoms with Gasteiger partial charge in [0.15, 0.2) is 0 Å². The molecule has 2 aromatic heterocycles. The Hall–Kier alpha value is -1.69. The third-order valence-corrected chi connectivity index (χ3v) is 2.99. The van der Waals surface area contributed by atoms with Crippen molar-refractivity contribution in [2.24, 2.45) is 0 Å². The molecule has 0 unspecified atom stereocenters. The normalized spacial score (nSPS) is 10.8. The van der Waals surface area contributed by atoms with Crippen molar-refractivity contribution in [3.05, 3.63) is 38.8 Å². The van der Waals surface area contributed by atoms with E-state index in [1.165, 1.54) is 6.07 Å². The molecule has 0 aliphatic heterocycles. The van der Waals surface area contributed by atoms with Gasteiger partial charge in [-0.25, -0.2) is 9.97 Å². The van der Waals surface area contributed by atoms with Gasteiger partial charge in [-0.1, -0.05) is 13.8 Å². The Morgan fingerprint density at radius 3 is 3.00 bits per heavy atom. The van der Waals surface area contributed by atoms with Gasteiger partial charge in [-0.3, -0.25) is 4.79 Å². The van der Waals surface area contributed by atoms with Gasteiger partial charge in [-0.05, 0) is 0 Å². The molecule has 6 heteroatoms. The second kappa shape index (κ2) is 5.09. The number of aromatic nitrogens is 3. The van der Waals surface area contributed by atoms with Crippen LogP contribution in [0.15, 0.2) is 22.4 Å². The molecular formula is C11H14N4OS. The summed E-state index contributed by atoms with van der Waals surface area (Å²) in [6.45, 7) is 4.57. The molecule has 0 fully saturated rings. The first-order chi connectivity index (χ1) is 8.15. The van der Waals surface area contributed by atoms with Gasteiger partial charge in [0.2, 0.25) is 0 Å². The van der Waals surface area contributed by atoms with E-state index in [0.717, 1.165) is 5.01 Å². The Bertz CT molecular complexity index is 533. The summed E-state index contributed by atoms with van der Waals surface area (Å²) in [4.78, 5) is 22.6. The number of nitrogens with zero attached hydrogens (tertiary/aromatic N) is 2. The van der Waals surface area contributed by atoms with Crippen LogP contribution in [0, 0.1) is 0 Å². The van der Waals surface area contributed by atoms with Crippen LogP contribution >= 0.6 is 11.3 Å². The molecule has 0 aliphatic carbocycles. The van der Waals surface area contributed by atoms with Crippen LogP contribution in [0.2, 0.25) is 0 Å². The van der Waals surface area contributed by atoms with Gasteiger partial charge in [0, 0.05) is 23.6 Å². The minimum Gasteiger partial charge on any atom is -0.363 e. The highest BCUT2D eigenvalue weighted by Crippen LogP contribution is 2.11. The first-order valence-corrected chi connectivity index (χ1v) is 6.26. The number of rotatable bonds is 4. The van der Waals surface area contributed by atoms with Crippen LogP contribution in [-0.4, -0.2) is 15.0 Å². The molecule has 17 heavy (non-hydrogen) atoms. The fourth-order valence-electron chi connectivity index (χ4n) is 1.35. The van der Waals surface area contributed by atoms with Crippen molar-refractivity contribution in [2.75, 3.05) is 5.32 Å². The van der Waals surface area contributed by atoms with Crippen molar-refractivity contribution in [1.82, 2.24) is 15.0 Å². The van der Waals surface area contributed by atoms with Crippen molar-refractivity contribution >= 4 is 17.2 Å². The van der Waals surface area contributed by atoms with E-state index in [0.29, 0.717) is 18.2 Å². The largest absolute Gasteiger partial charge is 0.363 e. The molecule has 0 aliphatic rings. The smallest absolute Gasteiger partial charge is 0.252 e. The summed E-state index contributed by atoms with van der Waals surface area (Å²) in [6.07, 6.45) is 1.76. The zero-order chi connectivity index (χ0) is 12.3. The second-order valence-electron chi connectivity index (χ2n) is 3.95. The molecule has 2 N–H and O–H groups in total. The lowest BCUT2D eigenvalue weighted by Crippen LogP contribution is -2.14. The Kier molecular flexibility index (Phi) is 3.53. The summed E-state index contributed by atoms with van der Waals surface area (Å²) in [6, 6.07) is 1.46. The summed E-state index contributed by atoms with van der Waals surface area (Å²) < 4.78 is 0. The first-order valence-electron chi connectivity index (χ1n) is 5.38. The van der Waals surface area contributed by atoms with E-state index in [1.807, 2.05) is 19.2 Å². The van der Waals surface area contributed by atoms with Gasteiger partial charge in [-0.2, -0.15) is 0 Å². The van der Waals surface area contributed by atoms with Crippen molar-refractivity contribution in [3.8, 4) is 0 Å². The number of H-pyrrole nitrogens is 1. The van der Waals surface area contributed by atoms with Crippen LogP contribution in [0.4, 0.5) is 5.82 Å². The molecule has 0 bridgehead atoms. The zero-order valence-electron chi connectivity index (χ0n) is 9.73. The molecular weight excluding hydrogens is 236 g/mol. The lowest BCUT2D eigenvalue weighted by molar-refractivity contribution is 0.766. The molecule has 0 spiro atoms. The third-order valence-electron chi connectivity index (χ3n) is 2.21. The van der Waals surface area contributed by atoms with E-state index in [1.54, 1.807) is 17.5 Å². The quantitative estimate of drug-likeness (QED) is 0.870. The number of nitrogens with one attached hydrogen (secondary N) is 2. The molecule has 2 rings (SSSR count). The van der Waals surface area contributed by atoms with Gasteiger partial charge in [0.1, 0.15) is 16.6 Å². The molecule has 0 radical (unpaired) electrons. The SMILES string of the molecule is CC(C)c1nc(NCc2nccs2)cc(=O)[nH]1. The molecule has 0 amide bonds. The summed E-state index contributed by atoms with van der Waals surface area (Å²) >= 11 is 1.57. The minimum atomic E-state index is -0.134. The van der Waals surface area contributed by atoms with Crippen LogP contribution in [0.5, 0.6) is 0 Å². The average Bonchev–Trinajstić information content (AvgIpc) is 2.78. The third kappa shape index (κ3) is 3.13. The standard InChI is InChI=1S/C11H14N4OS/c1-7(2)11-14-8(5-9(16)15-11)13-6-10-12-3-4-17-10/h3-5,7H,6H2,1-2H3,(H2,13,14,15,16). The van der Waals surface area contributed by atoms with E-state index in [-0.39, 0.29) is 11.5 Å². The molecule has 2 heterocycles. The lowest BCUT2D eigenvalue weighted by atomic mass is 10.2. The molecule has 90 valence electrons. The lowest BCUT2D eigenvalue weighted by Gasteiger charge is -2.07. The topological polar surface area (TPSA) is 70.7 Å². The van der Waals surface area contributed by atoms with E-state index in [2.05, 4.69) is 20.3 Å². The maximum atomic E-state index is 11.4. The predicted octanol–water partition coefficient (Wildman–Crippen LogP) is 1.96. The molecule has 0 saturated carbocycles. The summed E-state index contributed by atoms with van der Waals surface area (Å²) in [5.41, 5.74) is -0.134. The van der Waals surface area contributed by atoms with Crippen molar-refractivity contribution in [3.63, 3.8) is 0 Å². The highest BCUT2D eigenvalue weighted by atomic mass is 32.1. The highest BCUT2D eigenvalue weighted by Gasteiger charge is 2.05. The Morgan fingerprint density at radius 1 is 1.53 bits per heavy atom. The molecule has 0 atom stereocenters. The van der Waals surface area contributed by atoms with Crippen LogP contribution in [0.1, 0.15) is 30.6 Å². The molecule has 2 aromatic rings. The van der Waals surface area contributed by atoms with Crippen molar-refractivity contribution < 1.29 is 0 Å². The number of anilines is 1. The fraction of sp³-hybridized carbons (Fsp3) is 0.364. The number of thiazole rings is 1. The van der Waals surface area contributed by atoms with Crippen molar-refractivity contribution in [2.45, 2.75) is 26.3 Å². The van der Waals surface area contributed by atoms with E-state index < -0.39 is 0 Å². The molecule has 0 aromatic carbocycles. The monoisotopic (exact) mass is 250 g/mol. The van der Waals surface area contributed by atoms with Gasteiger partial charge in [-0.15, -0.1) is 11.3 Å². The Balaban J connectivity index is 2.13. The van der Waals surface area contributed by atoms with Gasteiger partial charge in [0.25, 0.3) is 5.56 Å². The maximum Gasteiger partial charge on any atom is 0.252 e. The Labute approximate surface area is 103 Å². The average molecular weight is 250 g/mol. The molecule has 0 saturated heterocycles. The number of hydrogen-bond acceptors (Lipinski definition) is 5. The van der Waals surface area contributed by atoms with Gasteiger partial charge in [0.05, 0.1) is 6.54 Å². The summed E-state index contributed by atoms with van der Waals surface area (Å²) in [5, 5.41) is 5.99. The Morgan fingerprint density at radius 2 is 2.35 bits per heavy atom. The maximum absolute atomic E-state index is 11.4. The fourth-order valence-corrected chi connectivity index (χ4v) is 1.90. The zero-order valence-corrected chi connectivity index (χ0v) is 10.5. The predicted molar refractivity (Wildman–Crippen MR) is 68.4 cm³/mol. The number of aromatic amines is 1. The first kappa shape index (κ1) is 11.8. The summed E-state index contributed by atoms with van der Waals surface area (Å²) in [5.74, 6) is 1.48. The van der Waals surface area contributed by atoms with Crippen LogP contribution in [-0.2, 0) is 6.54 Å². The van der Waals surface area contributed by atoms with E-state index in [9.17, 15) is 4.79 Å². The van der Waals surface area contributed by atoms with Crippen LogP contribution in [0.25, 0.3) is 0 Å². The number of hydrogen-bond donors (Lipinski definition) is 2. The van der Waals surface area contributed by atoms with Crippen molar-refractivity contribution in [1.29, 1.82) is 0 Å². The van der Waals surface area contributed by atoms with Gasteiger partial charge < -0.3 is 10.3 Å². The summed E-state index contributed by atoms with van der Waals surface area (Å²) in [7, 11) is 0. The van der Waals surface area contributed by atoms with Crippen LogP contribution in [0.3, 0.4) is 0 Å². The minimum absolute atomic E-state index is 0.134. The second-order valence-corrected chi connectivity index (χ2v) is 4.93. The van der Waals surface area contributed by atoms with Gasteiger partial charge >= 0.3 is 0 Å². The van der Waals surface area contributed by atoms with Crippen LogP contribution < -0.4 is 10.9 Å². The highest BCUT2D eigenvalue weighted by molar-refractivity contribution is 7.09. The van der Waals surface area contributed by atoms with E-state index >= 15 is 0 Å². The van der Waals surface area contributed by atoms with E-state index in [4.69, 9.17) is 0 Å².